The van der Waals surface area contributed by atoms with E-state index in [1.165, 1.54) is 13.0 Å². The highest BCUT2D eigenvalue weighted by atomic mass is 16.6. The van der Waals surface area contributed by atoms with Crippen molar-refractivity contribution in [2.75, 3.05) is 32.8 Å². The number of nitrogens with one attached hydrogen (secondary N) is 1. The Bertz CT molecular complexity index is 860. The number of carbonyl (C=O) groups is 1. The number of carbonyl (C=O) groups excluding carboxylic acids is 1. The quantitative estimate of drug-likeness (QED) is 0.845. The predicted octanol–water partition coefficient (Wildman–Crippen LogP) is 2.73. The minimum absolute atomic E-state index is 0.0495. The van der Waals surface area contributed by atoms with Crippen LogP contribution in [0.2, 0.25) is 0 Å². The van der Waals surface area contributed by atoms with Crippen LogP contribution >= 0.6 is 0 Å². The van der Waals surface area contributed by atoms with Crippen molar-refractivity contribution < 1.29 is 19.0 Å². The monoisotopic (exact) mass is 394 g/mol. The molecule has 2 fully saturated rings. The Balaban J connectivity index is 1.20. The molecule has 1 amide bonds. The van der Waals surface area contributed by atoms with Crippen molar-refractivity contribution in [2.45, 2.75) is 25.0 Å². The van der Waals surface area contributed by atoms with Gasteiger partial charge in [0, 0.05) is 24.7 Å². The van der Waals surface area contributed by atoms with Crippen LogP contribution in [-0.4, -0.2) is 55.8 Å². The first kappa shape index (κ1) is 18.3. The van der Waals surface area contributed by atoms with Crippen molar-refractivity contribution in [1.29, 1.82) is 0 Å². The SMILES string of the molecule is O=C(N[C@@H]1C[C@H]2CCN(C2)C1)c1ccc2c(c1)O[C@H](COc1ccccc1)CO2. The molecule has 2 saturated heterocycles. The molecule has 29 heavy (non-hydrogen) atoms. The molecule has 152 valence electrons. The lowest BCUT2D eigenvalue weighted by molar-refractivity contribution is 0.0533. The number of hydrogen-bond acceptors (Lipinski definition) is 5. The van der Waals surface area contributed by atoms with Gasteiger partial charge in [-0.2, -0.15) is 0 Å². The zero-order valence-corrected chi connectivity index (χ0v) is 16.4. The summed E-state index contributed by atoms with van der Waals surface area (Å²) in [5.41, 5.74) is 0.602. The Hall–Kier alpha value is -2.73. The van der Waals surface area contributed by atoms with Gasteiger partial charge >= 0.3 is 0 Å². The van der Waals surface area contributed by atoms with Crippen LogP contribution in [-0.2, 0) is 0 Å². The number of piperidine rings is 1. The molecule has 6 nitrogen and oxygen atoms in total. The summed E-state index contributed by atoms with van der Waals surface area (Å²) in [7, 11) is 0. The van der Waals surface area contributed by atoms with Gasteiger partial charge in [0.2, 0.25) is 0 Å². The summed E-state index contributed by atoms with van der Waals surface area (Å²) in [5.74, 6) is 2.73. The van der Waals surface area contributed by atoms with Crippen LogP contribution < -0.4 is 19.5 Å². The van der Waals surface area contributed by atoms with Gasteiger partial charge in [-0.1, -0.05) is 18.2 Å². The van der Waals surface area contributed by atoms with E-state index in [1.54, 1.807) is 12.1 Å². The molecule has 3 aliphatic rings. The third-order valence-electron chi connectivity index (χ3n) is 5.90. The van der Waals surface area contributed by atoms with E-state index in [9.17, 15) is 4.79 Å². The maximum Gasteiger partial charge on any atom is 0.251 e. The van der Waals surface area contributed by atoms with Gasteiger partial charge in [-0.15, -0.1) is 0 Å². The molecular weight excluding hydrogens is 368 g/mol. The first-order valence-electron chi connectivity index (χ1n) is 10.4. The lowest BCUT2D eigenvalue weighted by Crippen LogP contribution is -2.47. The van der Waals surface area contributed by atoms with E-state index in [0.717, 1.165) is 31.2 Å². The van der Waals surface area contributed by atoms with Crippen LogP contribution in [0.1, 0.15) is 23.2 Å². The molecule has 0 saturated carbocycles. The van der Waals surface area contributed by atoms with Crippen LogP contribution in [0.5, 0.6) is 17.2 Å². The van der Waals surface area contributed by atoms with E-state index in [2.05, 4.69) is 10.2 Å². The second-order valence-electron chi connectivity index (χ2n) is 8.16. The third-order valence-corrected chi connectivity index (χ3v) is 5.90. The molecule has 2 bridgehead atoms. The van der Waals surface area contributed by atoms with Crippen molar-refractivity contribution >= 4 is 5.91 Å². The number of fused-ring (bicyclic) bond motifs is 3. The normalized spacial score (nSPS) is 27.3. The molecule has 5 rings (SSSR count). The van der Waals surface area contributed by atoms with Crippen molar-refractivity contribution in [3.8, 4) is 17.2 Å². The summed E-state index contributed by atoms with van der Waals surface area (Å²) in [6.45, 7) is 4.10. The van der Waals surface area contributed by atoms with Gasteiger partial charge in [-0.25, -0.2) is 0 Å². The molecule has 6 heteroatoms. The summed E-state index contributed by atoms with van der Waals surface area (Å²) < 4.78 is 17.6. The average Bonchev–Trinajstić information content (AvgIpc) is 3.10. The van der Waals surface area contributed by atoms with Crippen LogP contribution in [0.15, 0.2) is 48.5 Å². The second kappa shape index (κ2) is 7.95. The molecule has 0 radical (unpaired) electrons. The Kier molecular flexibility index (Phi) is 5.02. The minimum atomic E-state index is -0.220. The highest BCUT2D eigenvalue weighted by molar-refractivity contribution is 5.95. The second-order valence-corrected chi connectivity index (χ2v) is 8.16. The molecular formula is C23H26N2O4. The summed E-state index contributed by atoms with van der Waals surface area (Å²) in [5, 5.41) is 3.20. The van der Waals surface area contributed by atoms with E-state index >= 15 is 0 Å². The molecule has 1 unspecified atom stereocenters. The van der Waals surface area contributed by atoms with E-state index in [4.69, 9.17) is 14.2 Å². The zero-order valence-electron chi connectivity index (χ0n) is 16.4. The number of benzene rings is 2. The number of amides is 1. The number of para-hydroxylation sites is 1. The predicted molar refractivity (Wildman–Crippen MR) is 109 cm³/mol. The highest BCUT2D eigenvalue weighted by Crippen LogP contribution is 2.33. The van der Waals surface area contributed by atoms with Gasteiger partial charge < -0.3 is 24.4 Å². The Labute approximate surface area is 170 Å². The molecule has 1 N–H and O–H groups in total. The Morgan fingerprint density at radius 1 is 1.14 bits per heavy atom. The largest absolute Gasteiger partial charge is 0.490 e. The van der Waals surface area contributed by atoms with E-state index in [0.29, 0.717) is 30.3 Å². The first-order chi connectivity index (χ1) is 14.2. The summed E-state index contributed by atoms with van der Waals surface area (Å²) in [6.07, 6.45) is 2.11. The highest BCUT2D eigenvalue weighted by Gasteiger charge is 2.33. The molecule has 0 aromatic heterocycles. The lowest BCUT2D eigenvalue weighted by Gasteiger charge is -2.30. The standard InChI is InChI=1S/C23H26N2O4/c26-23(24-18-10-16-8-9-25(12-16)13-18)17-6-7-21-22(11-17)29-20(15-28-21)14-27-19-4-2-1-3-5-19/h1-7,11,16,18,20H,8-10,12-15H2,(H,24,26)/t16-,18-,20-/m1/s1. The van der Waals surface area contributed by atoms with E-state index in [1.807, 2.05) is 36.4 Å². The van der Waals surface area contributed by atoms with Crippen molar-refractivity contribution in [3.05, 3.63) is 54.1 Å². The van der Waals surface area contributed by atoms with Gasteiger partial charge in [0.05, 0.1) is 0 Å². The number of ether oxygens (including phenoxy) is 3. The average molecular weight is 394 g/mol. The smallest absolute Gasteiger partial charge is 0.251 e. The molecule has 0 spiro atoms. The van der Waals surface area contributed by atoms with Gasteiger partial charge in [0.15, 0.2) is 17.6 Å². The van der Waals surface area contributed by atoms with E-state index in [-0.39, 0.29) is 18.1 Å². The maximum atomic E-state index is 12.8. The van der Waals surface area contributed by atoms with E-state index < -0.39 is 0 Å². The molecule has 0 aliphatic carbocycles. The van der Waals surface area contributed by atoms with Gasteiger partial charge in [-0.05, 0) is 55.6 Å². The first-order valence-corrected chi connectivity index (χ1v) is 10.4. The fourth-order valence-corrected chi connectivity index (χ4v) is 4.48. The zero-order chi connectivity index (χ0) is 19.6. The maximum absolute atomic E-state index is 12.8. The summed E-state index contributed by atoms with van der Waals surface area (Å²) >= 11 is 0. The lowest BCUT2D eigenvalue weighted by atomic mass is 9.96. The van der Waals surface area contributed by atoms with Crippen molar-refractivity contribution in [3.63, 3.8) is 0 Å². The topological polar surface area (TPSA) is 60.0 Å². The van der Waals surface area contributed by atoms with Crippen molar-refractivity contribution in [1.82, 2.24) is 10.2 Å². The fraction of sp³-hybridized carbons (Fsp3) is 0.435. The number of rotatable bonds is 5. The fourth-order valence-electron chi connectivity index (χ4n) is 4.48. The molecule has 2 aromatic rings. The van der Waals surface area contributed by atoms with Crippen LogP contribution in [0.3, 0.4) is 0 Å². The molecule has 3 aliphatic heterocycles. The van der Waals surface area contributed by atoms with Gasteiger partial charge in [0.25, 0.3) is 5.91 Å². The Morgan fingerprint density at radius 3 is 2.90 bits per heavy atom. The van der Waals surface area contributed by atoms with Crippen LogP contribution in [0, 0.1) is 5.92 Å². The van der Waals surface area contributed by atoms with Crippen LogP contribution in [0.4, 0.5) is 0 Å². The molecule has 2 aromatic carbocycles. The summed E-state index contributed by atoms with van der Waals surface area (Å²) in [4.78, 5) is 15.2. The minimum Gasteiger partial charge on any atom is -0.490 e. The van der Waals surface area contributed by atoms with Crippen molar-refractivity contribution in [2.24, 2.45) is 5.92 Å². The number of nitrogens with zero attached hydrogens (tertiary/aromatic N) is 1. The molecule has 3 heterocycles. The van der Waals surface area contributed by atoms with Gasteiger partial charge in [0.1, 0.15) is 19.0 Å². The summed E-state index contributed by atoms with van der Waals surface area (Å²) in [6, 6.07) is 15.3. The van der Waals surface area contributed by atoms with Gasteiger partial charge in [-0.3, -0.25) is 4.79 Å². The van der Waals surface area contributed by atoms with Crippen LogP contribution in [0.25, 0.3) is 0 Å². The number of hydrogen-bond donors (Lipinski definition) is 1. The Morgan fingerprint density at radius 2 is 2.03 bits per heavy atom. The third kappa shape index (κ3) is 4.17. The molecule has 4 atom stereocenters.